The summed E-state index contributed by atoms with van der Waals surface area (Å²) in [5.74, 6) is -1.22. The van der Waals surface area contributed by atoms with Crippen molar-refractivity contribution in [3.63, 3.8) is 0 Å². The molecule has 1 saturated heterocycles. The molecule has 0 unspecified atom stereocenters. The molecule has 0 saturated carbocycles. The molecule has 1 aliphatic heterocycles. The summed E-state index contributed by atoms with van der Waals surface area (Å²) in [7, 11) is 0. The van der Waals surface area contributed by atoms with Crippen LogP contribution in [0.15, 0.2) is 5.38 Å². The van der Waals surface area contributed by atoms with Crippen molar-refractivity contribution >= 4 is 40.2 Å². The Morgan fingerprint density at radius 3 is 2.81 bits per heavy atom. The molecular formula is C8H6N2O4S2. The van der Waals surface area contributed by atoms with Crippen LogP contribution in [0.1, 0.15) is 15.5 Å². The van der Waals surface area contributed by atoms with Crippen LogP contribution in [0.25, 0.3) is 0 Å². The van der Waals surface area contributed by atoms with Gasteiger partial charge >= 0.3 is 5.97 Å². The number of thiazole rings is 1. The molecule has 0 atom stereocenters. The molecule has 0 bridgehead atoms. The lowest BCUT2D eigenvalue weighted by Gasteiger charge is -2.09. The molecule has 8 heteroatoms. The topological polar surface area (TPSA) is 87.6 Å². The average molecular weight is 258 g/mol. The molecule has 1 aromatic heterocycles. The first-order chi connectivity index (χ1) is 7.58. The summed E-state index contributed by atoms with van der Waals surface area (Å²) in [6, 6.07) is 0. The van der Waals surface area contributed by atoms with E-state index in [2.05, 4.69) is 4.98 Å². The predicted octanol–water partition coefficient (Wildman–Crippen LogP) is 1.04. The lowest BCUT2D eigenvalue weighted by Crippen LogP contribution is -2.28. The zero-order valence-corrected chi connectivity index (χ0v) is 9.51. The standard InChI is InChI=1S/C8H6N2O4S2/c11-5-3-16-8(14)10(5)1-4-2-15-6(9-4)7(12)13/h2H,1,3H2,(H,12,13). The van der Waals surface area contributed by atoms with Crippen LogP contribution in [0.5, 0.6) is 0 Å². The van der Waals surface area contributed by atoms with E-state index < -0.39 is 5.97 Å². The van der Waals surface area contributed by atoms with Gasteiger partial charge in [-0.3, -0.25) is 14.5 Å². The molecule has 0 aliphatic carbocycles. The normalized spacial score (nSPS) is 15.9. The molecule has 6 nitrogen and oxygen atoms in total. The third-order valence-corrected chi connectivity index (χ3v) is 3.63. The highest BCUT2D eigenvalue weighted by atomic mass is 32.2. The first kappa shape index (κ1) is 11.1. The number of carbonyl (C=O) groups is 3. The Morgan fingerprint density at radius 2 is 2.31 bits per heavy atom. The molecule has 0 radical (unpaired) electrons. The zero-order valence-electron chi connectivity index (χ0n) is 7.87. The molecule has 2 amide bonds. The van der Waals surface area contributed by atoms with Gasteiger partial charge in [-0.25, -0.2) is 9.78 Å². The third-order valence-electron chi connectivity index (χ3n) is 1.90. The molecular weight excluding hydrogens is 252 g/mol. The van der Waals surface area contributed by atoms with E-state index in [4.69, 9.17) is 5.11 Å². The summed E-state index contributed by atoms with van der Waals surface area (Å²) in [5.41, 5.74) is 0.423. The quantitative estimate of drug-likeness (QED) is 0.871. The monoisotopic (exact) mass is 258 g/mol. The van der Waals surface area contributed by atoms with Gasteiger partial charge in [0.25, 0.3) is 5.24 Å². The number of nitrogens with zero attached hydrogens (tertiary/aromatic N) is 2. The van der Waals surface area contributed by atoms with Gasteiger partial charge in [-0.2, -0.15) is 0 Å². The first-order valence-electron chi connectivity index (χ1n) is 4.23. The van der Waals surface area contributed by atoms with Crippen LogP contribution in [0.3, 0.4) is 0 Å². The second-order valence-corrected chi connectivity index (χ2v) is 4.77. The van der Waals surface area contributed by atoms with E-state index in [1.54, 1.807) is 0 Å². The Labute approximate surface area is 98.3 Å². The zero-order chi connectivity index (χ0) is 11.7. The second kappa shape index (κ2) is 4.22. The second-order valence-electron chi connectivity index (χ2n) is 2.98. The Kier molecular flexibility index (Phi) is 2.92. The lowest BCUT2D eigenvalue weighted by atomic mass is 10.4. The van der Waals surface area contributed by atoms with Crippen molar-refractivity contribution in [3.8, 4) is 0 Å². The summed E-state index contributed by atoms with van der Waals surface area (Å²) in [6.45, 7) is 0.0500. The van der Waals surface area contributed by atoms with Gasteiger partial charge < -0.3 is 5.11 Å². The van der Waals surface area contributed by atoms with Crippen molar-refractivity contribution in [3.05, 3.63) is 16.1 Å². The van der Waals surface area contributed by atoms with Gasteiger partial charge in [0, 0.05) is 5.38 Å². The molecule has 1 aliphatic rings. The Morgan fingerprint density at radius 1 is 1.56 bits per heavy atom. The van der Waals surface area contributed by atoms with Crippen molar-refractivity contribution in [2.75, 3.05) is 5.75 Å². The van der Waals surface area contributed by atoms with Gasteiger partial charge in [-0.1, -0.05) is 11.8 Å². The van der Waals surface area contributed by atoms with Gasteiger partial charge in [0.15, 0.2) is 0 Å². The van der Waals surface area contributed by atoms with E-state index in [0.29, 0.717) is 5.69 Å². The van der Waals surface area contributed by atoms with Crippen LogP contribution in [0.2, 0.25) is 0 Å². The maximum atomic E-state index is 11.3. The van der Waals surface area contributed by atoms with E-state index in [0.717, 1.165) is 28.0 Å². The summed E-state index contributed by atoms with van der Waals surface area (Å²) in [5, 5.41) is 9.84. The molecule has 0 aromatic carbocycles. The van der Waals surface area contributed by atoms with Crippen molar-refractivity contribution in [2.45, 2.75) is 6.54 Å². The van der Waals surface area contributed by atoms with Gasteiger partial charge in [0.1, 0.15) is 0 Å². The summed E-state index contributed by atoms with van der Waals surface area (Å²) in [4.78, 5) is 38.0. The van der Waals surface area contributed by atoms with Crippen molar-refractivity contribution in [2.24, 2.45) is 0 Å². The summed E-state index contributed by atoms with van der Waals surface area (Å²) < 4.78 is 0. The lowest BCUT2D eigenvalue weighted by molar-refractivity contribution is -0.125. The highest BCUT2D eigenvalue weighted by Crippen LogP contribution is 2.21. The highest BCUT2D eigenvalue weighted by Gasteiger charge is 2.30. The number of hydrogen-bond donors (Lipinski definition) is 1. The van der Waals surface area contributed by atoms with Crippen molar-refractivity contribution < 1.29 is 19.5 Å². The number of hydrogen-bond acceptors (Lipinski definition) is 6. The number of carbonyl (C=O) groups excluding carboxylic acids is 2. The van der Waals surface area contributed by atoms with Crippen molar-refractivity contribution in [1.82, 2.24) is 9.88 Å². The fourth-order valence-electron chi connectivity index (χ4n) is 1.17. The Hall–Kier alpha value is -1.41. The fraction of sp³-hybridized carbons (Fsp3) is 0.250. The van der Waals surface area contributed by atoms with E-state index in [9.17, 15) is 14.4 Å². The number of carboxylic acids is 1. The molecule has 1 aromatic rings. The summed E-state index contributed by atoms with van der Waals surface area (Å²) >= 11 is 1.92. The molecule has 16 heavy (non-hydrogen) atoms. The molecule has 2 rings (SSSR count). The van der Waals surface area contributed by atoms with E-state index in [-0.39, 0.29) is 28.5 Å². The SMILES string of the molecule is O=C(O)c1nc(CN2C(=O)CSC2=O)cs1. The number of carboxylic acid groups (broad SMARTS) is 1. The maximum absolute atomic E-state index is 11.3. The van der Waals surface area contributed by atoms with Crippen LogP contribution >= 0.6 is 23.1 Å². The number of thioether (sulfide) groups is 1. The van der Waals surface area contributed by atoms with Gasteiger partial charge in [0.2, 0.25) is 10.9 Å². The maximum Gasteiger partial charge on any atom is 0.365 e. The summed E-state index contributed by atoms with van der Waals surface area (Å²) in [6.07, 6.45) is 0. The highest BCUT2D eigenvalue weighted by molar-refractivity contribution is 8.14. The van der Waals surface area contributed by atoms with E-state index >= 15 is 0 Å². The number of imide groups is 1. The van der Waals surface area contributed by atoms with Gasteiger partial charge in [-0.15, -0.1) is 11.3 Å². The fourth-order valence-corrected chi connectivity index (χ4v) is 2.54. The number of aromatic carboxylic acids is 1. The average Bonchev–Trinajstić information content (AvgIpc) is 2.80. The molecule has 1 N–H and O–H groups in total. The Balaban J connectivity index is 2.11. The van der Waals surface area contributed by atoms with Crippen LogP contribution in [0, 0.1) is 0 Å². The number of aromatic nitrogens is 1. The molecule has 2 heterocycles. The van der Waals surface area contributed by atoms with Gasteiger partial charge in [0.05, 0.1) is 18.0 Å². The molecule has 84 valence electrons. The molecule has 1 fully saturated rings. The largest absolute Gasteiger partial charge is 0.476 e. The number of rotatable bonds is 3. The van der Waals surface area contributed by atoms with Crippen LogP contribution in [-0.2, 0) is 11.3 Å². The predicted molar refractivity (Wildman–Crippen MR) is 57.5 cm³/mol. The third kappa shape index (κ3) is 2.07. The van der Waals surface area contributed by atoms with Crippen LogP contribution in [0.4, 0.5) is 4.79 Å². The van der Waals surface area contributed by atoms with E-state index in [1.165, 1.54) is 5.38 Å². The van der Waals surface area contributed by atoms with Crippen LogP contribution < -0.4 is 0 Å². The smallest absolute Gasteiger partial charge is 0.365 e. The first-order valence-corrected chi connectivity index (χ1v) is 6.09. The minimum atomic E-state index is -1.11. The molecule has 0 spiro atoms. The Bertz CT molecular complexity index is 454. The van der Waals surface area contributed by atoms with Crippen LogP contribution in [-0.4, -0.2) is 37.9 Å². The number of amides is 2. The minimum Gasteiger partial charge on any atom is -0.476 e. The van der Waals surface area contributed by atoms with Gasteiger partial charge in [-0.05, 0) is 0 Å². The minimum absolute atomic E-state index is 0.0400. The van der Waals surface area contributed by atoms with Crippen molar-refractivity contribution in [1.29, 1.82) is 0 Å². The van der Waals surface area contributed by atoms with E-state index in [1.807, 2.05) is 0 Å².